The smallest absolute Gasteiger partial charge is 0.171 e. The number of hydrogen-bond donors (Lipinski definition) is 0. The highest BCUT2D eigenvalue weighted by Crippen LogP contribution is 2.50. The molecule has 0 atom stereocenters. The van der Waals surface area contributed by atoms with E-state index >= 15 is 13.7 Å². The summed E-state index contributed by atoms with van der Waals surface area (Å²) in [6.07, 6.45) is 0. The Morgan fingerprint density at radius 2 is 0.364 bits per heavy atom. The topological polar surface area (TPSA) is 51.2 Å². The Hall–Kier alpha value is -7.11. The van der Waals surface area contributed by atoms with Crippen LogP contribution in [0, 0.1) is 0 Å². The van der Waals surface area contributed by atoms with E-state index in [1.165, 1.54) is 0 Å². The van der Waals surface area contributed by atoms with Crippen LogP contribution in [0.2, 0.25) is 0 Å². The normalized spacial score (nSPS) is 11.8. The van der Waals surface area contributed by atoms with Crippen LogP contribution in [0.3, 0.4) is 0 Å². The van der Waals surface area contributed by atoms with E-state index in [1.54, 1.807) is 0 Å². The van der Waals surface area contributed by atoms with Gasteiger partial charge in [0, 0.05) is 47.7 Å². The largest absolute Gasteiger partial charge is 0.309 e. The van der Waals surface area contributed by atoms with E-state index in [4.69, 9.17) is 0 Å². The molecule has 0 aromatic heterocycles. The van der Waals surface area contributed by atoms with E-state index in [9.17, 15) is 0 Å². The van der Waals surface area contributed by atoms with E-state index in [0.29, 0.717) is 15.9 Å². The van der Waals surface area contributed by atoms with Crippen molar-refractivity contribution >= 4 is 69.2 Å². The fourth-order valence-electron chi connectivity index (χ4n) is 9.18. The minimum atomic E-state index is -3.48. The van der Waals surface area contributed by atoms with Gasteiger partial charge in [0.1, 0.15) is 0 Å². The van der Waals surface area contributed by atoms with Crippen molar-refractivity contribution in [2.75, 3.05) is 0 Å². The van der Waals surface area contributed by atoms with Crippen LogP contribution in [0.4, 0.5) is 0 Å². The zero-order valence-electron chi connectivity index (χ0n) is 36.0. The Morgan fingerprint density at radius 1 is 0.197 bits per heavy atom. The molecule has 0 radical (unpaired) electrons. The predicted molar refractivity (Wildman–Crippen MR) is 281 cm³/mol. The zero-order valence-corrected chi connectivity index (χ0v) is 38.7. The van der Waals surface area contributed by atoms with Gasteiger partial charge in [-0.05, 0) is 51.6 Å². The van der Waals surface area contributed by atoms with Crippen molar-refractivity contribution in [3.8, 4) is 33.4 Å². The lowest BCUT2D eigenvalue weighted by Gasteiger charge is -2.26. The van der Waals surface area contributed by atoms with Crippen LogP contribution >= 0.6 is 21.4 Å². The first-order valence-corrected chi connectivity index (χ1v) is 27.1. The van der Waals surface area contributed by atoms with Crippen LogP contribution < -0.4 is 47.7 Å². The van der Waals surface area contributed by atoms with Crippen LogP contribution in [0.15, 0.2) is 273 Å². The molecular weight excluding hydrogens is 862 g/mol. The van der Waals surface area contributed by atoms with Crippen LogP contribution in [0.25, 0.3) is 33.4 Å². The molecule has 66 heavy (non-hydrogen) atoms. The first-order chi connectivity index (χ1) is 32.4. The van der Waals surface area contributed by atoms with Gasteiger partial charge in [-0.15, -0.1) is 0 Å². The van der Waals surface area contributed by atoms with E-state index in [1.807, 2.05) is 255 Å². The summed E-state index contributed by atoms with van der Waals surface area (Å²) >= 11 is 0. The molecule has 0 aliphatic rings. The first kappa shape index (κ1) is 42.8. The third kappa shape index (κ3) is 7.70. The summed E-state index contributed by atoms with van der Waals surface area (Å²) in [5.41, 5.74) is 4.86. The molecule has 0 saturated carbocycles. The van der Waals surface area contributed by atoms with E-state index in [-0.39, 0.29) is 0 Å². The van der Waals surface area contributed by atoms with Gasteiger partial charge >= 0.3 is 0 Å². The van der Waals surface area contributed by atoms with Gasteiger partial charge in [0.15, 0.2) is 21.4 Å². The molecule has 0 fully saturated rings. The van der Waals surface area contributed by atoms with Crippen molar-refractivity contribution in [2.24, 2.45) is 0 Å². The lowest BCUT2D eigenvalue weighted by molar-refractivity contribution is 0.591. The monoisotopic (exact) mass is 906 g/mol. The highest BCUT2D eigenvalue weighted by Gasteiger charge is 2.36. The zero-order chi connectivity index (χ0) is 45.0. The summed E-state index contributed by atoms with van der Waals surface area (Å²) < 4.78 is 48.7. The second-order valence-electron chi connectivity index (χ2n) is 16.2. The Labute approximate surface area is 387 Å². The molecule has 3 nitrogen and oxygen atoms in total. The van der Waals surface area contributed by atoms with Crippen molar-refractivity contribution in [1.29, 1.82) is 0 Å². The summed E-state index contributed by atoms with van der Waals surface area (Å²) in [5, 5.41) is 6.48. The van der Waals surface area contributed by atoms with Crippen molar-refractivity contribution in [3.05, 3.63) is 273 Å². The van der Waals surface area contributed by atoms with E-state index < -0.39 is 21.4 Å². The van der Waals surface area contributed by atoms with E-state index in [2.05, 4.69) is 18.2 Å². The quantitative estimate of drug-likeness (QED) is 0.115. The van der Waals surface area contributed by atoms with E-state index in [0.717, 1.165) is 65.2 Å². The van der Waals surface area contributed by atoms with Crippen LogP contribution in [-0.4, -0.2) is 0 Å². The summed E-state index contributed by atoms with van der Waals surface area (Å²) in [6.45, 7) is 0. The Morgan fingerprint density at radius 3 is 0.561 bits per heavy atom. The second-order valence-corrected chi connectivity index (χ2v) is 24.4. The molecule has 0 spiro atoms. The Bertz CT molecular complexity index is 2920. The van der Waals surface area contributed by atoms with Gasteiger partial charge in [0.25, 0.3) is 0 Å². The molecule has 0 unspecified atom stereocenters. The Balaban J connectivity index is 1.29. The maximum absolute atomic E-state index is 16.2. The fraction of sp³-hybridized carbons (Fsp3) is 0. The van der Waals surface area contributed by atoms with Crippen molar-refractivity contribution in [1.82, 2.24) is 0 Å². The Kier molecular flexibility index (Phi) is 11.9. The van der Waals surface area contributed by atoms with Gasteiger partial charge in [-0.1, -0.05) is 255 Å². The molecule has 0 heterocycles. The van der Waals surface area contributed by atoms with Gasteiger partial charge in [-0.25, -0.2) is 0 Å². The molecule has 0 saturated heterocycles. The molecule has 0 aliphatic carbocycles. The average Bonchev–Trinajstić information content (AvgIpc) is 3.41. The standard InChI is InChI=1S/C60H45O3P3/c61-64(49-25-7-1-8-26-49,50-27-9-2-10-28-50)58-40-22-19-37-55(58)46-43-47(56-38-20-23-41-59(56)65(62,51-29-11-3-12-30-51)52-31-13-4-14-32-52)45-48(44-46)57-39-21-24-42-60(57)66(63,53-33-15-5-16-34-53)54-35-17-6-18-36-54/h1-45H. The number of rotatable bonds is 12. The molecule has 10 rings (SSSR count). The summed E-state index contributed by atoms with van der Waals surface area (Å²) in [4.78, 5) is 0. The van der Waals surface area contributed by atoms with Gasteiger partial charge < -0.3 is 13.7 Å². The van der Waals surface area contributed by atoms with Crippen molar-refractivity contribution in [3.63, 3.8) is 0 Å². The van der Waals surface area contributed by atoms with Crippen LogP contribution in [0.5, 0.6) is 0 Å². The SMILES string of the molecule is O=P(c1ccccc1)(c1ccccc1)c1ccccc1-c1cc(-c2ccccc2P(=O)(c2ccccc2)c2ccccc2)cc(-c2ccccc2P(=O)(c2ccccc2)c2ccccc2)c1. The minimum absolute atomic E-state index is 0.700. The predicted octanol–water partition coefficient (Wildman–Crippen LogP) is 11.6. The molecule has 0 N–H and O–H groups in total. The molecule has 0 aliphatic heterocycles. The van der Waals surface area contributed by atoms with Crippen LogP contribution in [0.1, 0.15) is 0 Å². The molecule has 6 heteroatoms. The molecule has 0 bridgehead atoms. The number of benzene rings is 10. The van der Waals surface area contributed by atoms with Gasteiger partial charge in [0.2, 0.25) is 0 Å². The van der Waals surface area contributed by atoms with Gasteiger partial charge in [-0.2, -0.15) is 0 Å². The van der Waals surface area contributed by atoms with Crippen molar-refractivity contribution < 1.29 is 13.7 Å². The third-order valence-corrected chi connectivity index (χ3v) is 21.7. The number of hydrogen-bond acceptors (Lipinski definition) is 3. The van der Waals surface area contributed by atoms with Crippen molar-refractivity contribution in [2.45, 2.75) is 0 Å². The maximum atomic E-state index is 16.2. The highest BCUT2D eigenvalue weighted by molar-refractivity contribution is 7.86. The van der Waals surface area contributed by atoms with Gasteiger partial charge in [0.05, 0.1) is 0 Å². The fourth-order valence-corrected chi connectivity index (χ4v) is 17.8. The molecule has 10 aromatic carbocycles. The molecule has 318 valence electrons. The maximum Gasteiger partial charge on any atom is 0.171 e. The second kappa shape index (κ2) is 18.4. The third-order valence-electron chi connectivity index (χ3n) is 12.3. The summed E-state index contributed by atoms with van der Waals surface area (Å²) in [5.74, 6) is 0. The minimum Gasteiger partial charge on any atom is -0.309 e. The summed E-state index contributed by atoms with van der Waals surface area (Å²) in [6, 6.07) is 88.8. The highest BCUT2D eigenvalue weighted by atomic mass is 31.2. The average molecular weight is 907 g/mol. The molecule has 10 aromatic rings. The lowest BCUT2D eigenvalue weighted by atomic mass is 9.93. The molecule has 0 amide bonds. The first-order valence-electron chi connectivity index (χ1n) is 22.0. The lowest BCUT2D eigenvalue weighted by Crippen LogP contribution is -2.27. The molecular formula is C60H45O3P3. The van der Waals surface area contributed by atoms with Gasteiger partial charge in [-0.3, -0.25) is 0 Å². The summed E-state index contributed by atoms with van der Waals surface area (Å²) in [7, 11) is -10.4. The van der Waals surface area contributed by atoms with Crippen LogP contribution in [-0.2, 0) is 13.7 Å².